The largest absolute Gasteiger partial charge is 0.449 e. The molecule has 0 fully saturated rings. The summed E-state index contributed by atoms with van der Waals surface area (Å²) in [7, 11) is 0. The van der Waals surface area contributed by atoms with Gasteiger partial charge in [-0.25, -0.2) is 9.18 Å². The van der Waals surface area contributed by atoms with E-state index in [2.05, 4.69) is 10.2 Å². The molecule has 1 atom stereocenters. The van der Waals surface area contributed by atoms with Crippen LogP contribution in [0.15, 0.2) is 52.9 Å². The third-order valence-electron chi connectivity index (χ3n) is 3.46. The van der Waals surface area contributed by atoms with E-state index in [1.54, 1.807) is 0 Å². The van der Waals surface area contributed by atoms with E-state index in [1.165, 1.54) is 49.4 Å². The van der Waals surface area contributed by atoms with E-state index in [1.807, 2.05) is 0 Å². The minimum atomic E-state index is -0.856. The first-order chi connectivity index (χ1) is 12.4. The lowest BCUT2D eigenvalue weighted by Gasteiger charge is -2.09. The summed E-state index contributed by atoms with van der Waals surface area (Å²) in [5.41, 5.74) is 0.482. The van der Waals surface area contributed by atoms with Gasteiger partial charge in [-0.2, -0.15) is 0 Å². The zero-order valence-corrected chi connectivity index (χ0v) is 13.5. The maximum Gasteiger partial charge on any atom is 0.339 e. The van der Waals surface area contributed by atoms with Gasteiger partial charge in [-0.05, 0) is 37.3 Å². The lowest BCUT2D eigenvalue weighted by molar-refractivity contribution is -0.384. The van der Waals surface area contributed by atoms with Gasteiger partial charge >= 0.3 is 5.97 Å². The number of nitrogens with zero attached hydrogens (tertiary/aromatic N) is 3. The first-order valence-corrected chi connectivity index (χ1v) is 7.49. The normalized spacial score (nSPS) is 11.8. The maximum atomic E-state index is 13.2. The van der Waals surface area contributed by atoms with Crippen LogP contribution in [-0.2, 0) is 4.74 Å². The number of hydrogen-bond acceptors (Lipinski definition) is 7. The van der Waals surface area contributed by atoms with E-state index >= 15 is 0 Å². The van der Waals surface area contributed by atoms with E-state index < -0.39 is 22.8 Å². The van der Waals surface area contributed by atoms with Crippen LogP contribution in [0.1, 0.15) is 29.3 Å². The highest BCUT2D eigenvalue weighted by Gasteiger charge is 2.20. The molecule has 3 rings (SSSR count). The lowest BCUT2D eigenvalue weighted by atomic mass is 10.2. The summed E-state index contributed by atoms with van der Waals surface area (Å²) in [6.45, 7) is 1.53. The van der Waals surface area contributed by atoms with Crippen LogP contribution in [0, 0.1) is 15.9 Å². The minimum absolute atomic E-state index is 0.0445. The zero-order valence-electron chi connectivity index (χ0n) is 13.5. The molecule has 0 saturated heterocycles. The van der Waals surface area contributed by atoms with Crippen molar-refractivity contribution in [1.29, 1.82) is 0 Å². The molecule has 0 radical (unpaired) electrons. The SMILES string of the molecule is C[C@H](OC(=O)c1cccc(F)c1)c1nnc(-c2ccc([N+](=O)[O-])cc2)o1. The van der Waals surface area contributed by atoms with Crippen LogP contribution in [0.25, 0.3) is 11.5 Å². The zero-order chi connectivity index (χ0) is 18.7. The Morgan fingerprint density at radius 1 is 1.23 bits per heavy atom. The number of rotatable bonds is 5. The molecule has 0 amide bonds. The van der Waals surface area contributed by atoms with Crippen molar-refractivity contribution in [2.45, 2.75) is 13.0 Å². The van der Waals surface area contributed by atoms with E-state index in [4.69, 9.17) is 9.15 Å². The molecule has 0 unspecified atom stereocenters. The first-order valence-electron chi connectivity index (χ1n) is 7.49. The van der Waals surface area contributed by atoms with Crippen LogP contribution in [-0.4, -0.2) is 21.1 Å². The number of carbonyl (C=O) groups excluding carboxylic acids is 1. The Balaban J connectivity index is 1.72. The van der Waals surface area contributed by atoms with Gasteiger partial charge in [-0.1, -0.05) is 6.07 Å². The van der Waals surface area contributed by atoms with Crippen LogP contribution < -0.4 is 0 Å². The predicted molar refractivity (Wildman–Crippen MR) is 86.6 cm³/mol. The molecule has 0 spiro atoms. The fourth-order valence-corrected chi connectivity index (χ4v) is 2.14. The number of carbonyl (C=O) groups is 1. The number of nitro benzene ring substituents is 1. The van der Waals surface area contributed by atoms with Gasteiger partial charge in [-0.15, -0.1) is 10.2 Å². The van der Waals surface area contributed by atoms with Gasteiger partial charge in [0.25, 0.3) is 11.6 Å². The third-order valence-corrected chi connectivity index (χ3v) is 3.46. The smallest absolute Gasteiger partial charge is 0.339 e. The molecule has 0 bridgehead atoms. The molecule has 1 aromatic heterocycles. The van der Waals surface area contributed by atoms with Crippen molar-refractivity contribution in [2.75, 3.05) is 0 Å². The first kappa shape index (κ1) is 17.2. The molecule has 0 aliphatic carbocycles. The van der Waals surface area contributed by atoms with Crippen molar-refractivity contribution in [3.8, 4) is 11.5 Å². The lowest BCUT2D eigenvalue weighted by Crippen LogP contribution is -2.09. The maximum absolute atomic E-state index is 13.2. The molecule has 26 heavy (non-hydrogen) atoms. The molecule has 0 saturated carbocycles. The van der Waals surface area contributed by atoms with Crippen molar-refractivity contribution in [3.63, 3.8) is 0 Å². The second-order valence-corrected chi connectivity index (χ2v) is 5.31. The summed E-state index contributed by atoms with van der Waals surface area (Å²) in [5.74, 6) is -1.11. The summed E-state index contributed by atoms with van der Waals surface area (Å²) in [6, 6.07) is 10.7. The number of benzene rings is 2. The quantitative estimate of drug-likeness (QED) is 0.389. The van der Waals surface area contributed by atoms with Crippen LogP contribution in [0.4, 0.5) is 10.1 Å². The number of nitro groups is 1. The standard InChI is InChI=1S/C17H12FN3O5/c1-10(25-17(22)12-3-2-4-13(18)9-12)15-19-20-16(26-15)11-5-7-14(8-6-11)21(23)24/h2-10H,1H3/t10-/m0/s1. The molecular formula is C17H12FN3O5. The molecule has 9 heteroatoms. The molecule has 0 aliphatic rings. The Morgan fingerprint density at radius 3 is 2.62 bits per heavy atom. The fourth-order valence-electron chi connectivity index (χ4n) is 2.14. The fraction of sp³-hybridized carbons (Fsp3) is 0.118. The van der Waals surface area contributed by atoms with Crippen molar-refractivity contribution >= 4 is 11.7 Å². The van der Waals surface area contributed by atoms with Gasteiger partial charge in [0.1, 0.15) is 5.82 Å². The third kappa shape index (κ3) is 3.72. The van der Waals surface area contributed by atoms with Gasteiger partial charge in [0.2, 0.25) is 5.89 Å². The van der Waals surface area contributed by atoms with Gasteiger partial charge < -0.3 is 9.15 Å². The molecule has 3 aromatic rings. The topological polar surface area (TPSA) is 108 Å². The number of non-ortho nitro benzene ring substituents is 1. The molecule has 2 aromatic carbocycles. The van der Waals surface area contributed by atoms with Crippen LogP contribution in [0.3, 0.4) is 0 Å². The number of ether oxygens (including phenoxy) is 1. The van der Waals surface area contributed by atoms with Crippen LogP contribution >= 0.6 is 0 Å². The summed E-state index contributed by atoms with van der Waals surface area (Å²) >= 11 is 0. The van der Waals surface area contributed by atoms with Crippen molar-refractivity contribution in [1.82, 2.24) is 10.2 Å². The second-order valence-electron chi connectivity index (χ2n) is 5.31. The number of aromatic nitrogens is 2. The van der Waals surface area contributed by atoms with Crippen molar-refractivity contribution < 1.29 is 23.3 Å². The molecule has 0 aliphatic heterocycles. The van der Waals surface area contributed by atoms with Crippen molar-refractivity contribution in [3.05, 3.63) is 75.9 Å². The number of hydrogen-bond donors (Lipinski definition) is 0. The monoisotopic (exact) mass is 357 g/mol. The van der Waals surface area contributed by atoms with E-state index in [0.717, 1.165) is 6.07 Å². The summed E-state index contributed by atoms with van der Waals surface area (Å²) in [5, 5.41) is 18.3. The average molecular weight is 357 g/mol. The average Bonchev–Trinajstić information content (AvgIpc) is 3.12. The molecule has 0 N–H and O–H groups in total. The highest BCUT2D eigenvalue weighted by atomic mass is 19.1. The Kier molecular flexibility index (Phi) is 4.70. The molecule has 1 heterocycles. The summed E-state index contributed by atoms with van der Waals surface area (Å²) in [6.07, 6.45) is -0.856. The Hall–Kier alpha value is -3.62. The molecular weight excluding hydrogens is 345 g/mol. The van der Waals surface area contributed by atoms with Crippen molar-refractivity contribution in [2.24, 2.45) is 0 Å². The highest BCUT2D eigenvalue weighted by Crippen LogP contribution is 2.24. The minimum Gasteiger partial charge on any atom is -0.449 e. The highest BCUT2D eigenvalue weighted by molar-refractivity contribution is 5.89. The van der Waals surface area contributed by atoms with Crippen LogP contribution in [0.2, 0.25) is 0 Å². The van der Waals surface area contributed by atoms with E-state index in [0.29, 0.717) is 5.56 Å². The predicted octanol–water partition coefficient (Wildman–Crippen LogP) is 3.70. The van der Waals surface area contributed by atoms with Gasteiger partial charge in [0, 0.05) is 17.7 Å². The van der Waals surface area contributed by atoms with E-state index in [9.17, 15) is 19.3 Å². The van der Waals surface area contributed by atoms with Gasteiger partial charge in [0.05, 0.1) is 10.5 Å². The number of esters is 1. The number of halogens is 1. The van der Waals surface area contributed by atoms with Gasteiger partial charge in [0.15, 0.2) is 6.10 Å². The Bertz CT molecular complexity index is 955. The Labute approximate surface area is 146 Å². The van der Waals surface area contributed by atoms with Crippen LogP contribution in [0.5, 0.6) is 0 Å². The summed E-state index contributed by atoms with van der Waals surface area (Å²) in [4.78, 5) is 22.2. The summed E-state index contributed by atoms with van der Waals surface area (Å²) < 4.78 is 23.8. The molecule has 132 valence electrons. The van der Waals surface area contributed by atoms with Gasteiger partial charge in [-0.3, -0.25) is 10.1 Å². The van der Waals surface area contributed by atoms with E-state index in [-0.39, 0.29) is 23.0 Å². The Morgan fingerprint density at radius 2 is 1.96 bits per heavy atom. The second kappa shape index (κ2) is 7.09. The molecule has 8 nitrogen and oxygen atoms in total.